The standard InChI is InChI=1S/C59H101NO13/c1-3-5-7-9-11-12-13-14-15-16-17-18-19-20-21-22-23-24-25-26-27-28-29-30-31-32-33-34-35-36-37-39-41-43-51(64)60-47(48(63)42-40-38-10-8-6-4-2)46-70-58-56(69)54(67)57(50(45-62)72-58)73-59-55(68)53(66)52(65)49(44-61)71-59/h5,7,11-12,14-15,17-18,20-21,23-24,26-27,47-50,52-59,61-63,65-69H,3-4,6,8-10,13,16,19,22,25,28-46H2,1-2H3,(H,60,64)/b7-5-,12-11-,15-14-,18-17-,21-20-,24-23-,27-26-. The van der Waals surface area contributed by atoms with E-state index in [-0.39, 0.29) is 12.5 Å². The summed E-state index contributed by atoms with van der Waals surface area (Å²) in [5.41, 5.74) is 0. The van der Waals surface area contributed by atoms with Crippen molar-refractivity contribution in [1.82, 2.24) is 5.32 Å². The summed E-state index contributed by atoms with van der Waals surface area (Å²) in [6, 6.07) is -0.831. The fourth-order valence-electron chi connectivity index (χ4n) is 8.80. The lowest BCUT2D eigenvalue weighted by molar-refractivity contribution is -0.359. The van der Waals surface area contributed by atoms with Crippen LogP contribution in [0.15, 0.2) is 85.1 Å². The maximum atomic E-state index is 13.1. The van der Waals surface area contributed by atoms with Crippen LogP contribution in [0.5, 0.6) is 0 Å². The Balaban J connectivity index is 1.59. The van der Waals surface area contributed by atoms with Gasteiger partial charge in [0.2, 0.25) is 5.91 Å². The van der Waals surface area contributed by atoms with Crippen LogP contribution in [0.25, 0.3) is 0 Å². The van der Waals surface area contributed by atoms with Crippen molar-refractivity contribution in [2.24, 2.45) is 0 Å². The molecule has 12 atom stereocenters. The van der Waals surface area contributed by atoms with Gasteiger partial charge in [0.05, 0.1) is 32.0 Å². The van der Waals surface area contributed by atoms with E-state index in [1.165, 1.54) is 44.9 Å². The molecule has 14 heteroatoms. The molecule has 2 heterocycles. The fraction of sp³-hybridized carbons (Fsp3) is 0.746. The van der Waals surface area contributed by atoms with Crippen LogP contribution in [0.4, 0.5) is 0 Å². The van der Waals surface area contributed by atoms with Crippen molar-refractivity contribution < 1.29 is 64.6 Å². The van der Waals surface area contributed by atoms with E-state index in [2.05, 4.69) is 104 Å². The number of rotatable bonds is 43. The first-order chi connectivity index (χ1) is 35.6. The van der Waals surface area contributed by atoms with E-state index in [1.807, 2.05) is 0 Å². The van der Waals surface area contributed by atoms with Crippen LogP contribution in [-0.2, 0) is 23.7 Å². The second-order valence-corrected chi connectivity index (χ2v) is 19.7. The van der Waals surface area contributed by atoms with Crippen LogP contribution in [0.2, 0.25) is 0 Å². The molecule has 12 unspecified atom stereocenters. The number of nitrogens with one attached hydrogen (secondary N) is 1. The summed E-state index contributed by atoms with van der Waals surface area (Å²) in [7, 11) is 0. The first-order valence-corrected chi connectivity index (χ1v) is 28.3. The number of aliphatic hydroxyl groups excluding tert-OH is 8. The van der Waals surface area contributed by atoms with Crippen LogP contribution in [0, 0.1) is 0 Å². The minimum absolute atomic E-state index is 0.220. The molecule has 2 aliphatic heterocycles. The highest BCUT2D eigenvalue weighted by molar-refractivity contribution is 5.76. The van der Waals surface area contributed by atoms with Crippen molar-refractivity contribution >= 4 is 5.91 Å². The molecule has 73 heavy (non-hydrogen) atoms. The van der Waals surface area contributed by atoms with Crippen LogP contribution in [0.3, 0.4) is 0 Å². The summed E-state index contributed by atoms with van der Waals surface area (Å²) >= 11 is 0. The highest BCUT2D eigenvalue weighted by atomic mass is 16.7. The van der Waals surface area contributed by atoms with E-state index >= 15 is 0 Å². The first-order valence-electron chi connectivity index (χ1n) is 28.3. The quantitative estimate of drug-likeness (QED) is 0.0206. The summed E-state index contributed by atoms with van der Waals surface area (Å²) in [5, 5.41) is 86.6. The van der Waals surface area contributed by atoms with Crippen LogP contribution < -0.4 is 5.32 Å². The van der Waals surface area contributed by atoms with Gasteiger partial charge in [0, 0.05) is 6.42 Å². The number of aliphatic hydroxyl groups is 8. The predicted molar refractivity (Wildman–Crippen MR) is 290 cm³/mol. The zero-order valence-corrected chi connectivity index (χ0v) is 44.8. The van der Waals surface area contributed by atoms with Crippen molar-refractivity contribution in [2.45, 2.75) is 261 Å². The van der Waals surface area contributed by atoms with E-state index in [0.717, 1.165) is 109 Å². The Bertz CT molecular complexity index is 1550. The lowest BCUT2D eigenvalue weighted by Crippen LogP contribution is -2.65. The van der Waals surface area contributed by atoms with Gasteiger partial charge in [-0.2, -0.15) is 0 Å². The molecular formula is C59H101NO13. The molecular weight excluding hydrogens is 931 g/mol. The van der Waals surface area contributed by atoms with Crippen LogP contribution >= 0.6 is 0 Å². The highest BCUT2D eigenvalue weighted by Gasteiger charge is 2.51. The topological polar surface area (TPSA) is 228 Å². The van der Waals surface area contributed by atoms with E-state index in [4.69, 9.17) is 18.9 Å². The minimum atomic E-state index is -1.78. The lowest BCUT2D eigenvalue weighted by Gasteiger charge is -2.46. The number of carbonyl (C=O) groups is 1. The molecule has 0 aromatic heterocycles. The van der Waals surface area contributed by atoms with Gasteiger partial charge in [0.25, 0.3) is 0 Å². The Labute approximate surface area is 440 Å². The third-order valence-electron chi connectivity index (χ3n) is 13.4. The molecule has 2 aliphatic rings. The van der Waals surface area contributed by atoms with Crippen molar-refractivity contribution in [1.29, 1.82) is 0 Å². The third-order valence-corrected chi connectivity index (χ3v) is 13.4. The number of hydrogen-bond acceptors (Lipinski definition) is 13. The Hall–Kier alpha value is -2.83. The van der Waals surface area contributed by atoms with E-state index in [1.54, 1.807) is 0 Å². The largest absolute Gasteiger partial charge is 0.394 e. The smallest absolute Gasteiger partial charge is 0.220 e. The molecule has 1 amide bonds. The summed E-state index contributed by atoms with van der Waals surface area (Å²) in [6.45, 7) is 2.64. The van der Waals surface area contributed by atoms with E-state index < -0.39 is 86.8 Å². The molecule has 9 N–H and O–H groups in total. The number of ether oxygens (including phenoxy) is 4. The van der Waals surface area contributed by atoms with E-state index in [0.29, 0.717) is 19.3 Å². The van der Waals surface area contributed by atoms with Gasteiger partial charge in [-0.15, -0.1) is 0 Å². The molecule has 2 rings (SSSR count). The summed E-state index contributed by atoms with van der Waals surface area (Å²) < 4.78 is 22.7. The molecule has 0 radical (unpaired) electrons. The number of amides is 1. The van der Waals surface area contributed by atoms with Crippen molar-refractivity contribution in [2.75, 3.05) is 19.8 Å². The minimum Gasteiger partial charge on any atom is -0.394 e. The Morgan fingerprint density at radius 3 is 1.45 bits per heavy atom. The van der Waals surface area contributed by atoms with Gasteiger partial charge in [-0.25, -0.2) is 0 Å². The maximum Gasteiger partial charge on any atom is 0.220 e. The van der Waals surface area contributed by atoms with Gasteiger partial charge in [-0.3, -0.25) is 4.79 Å². The molecule has 0 bridgehead atoms. The summed E-state index contributed by atoms with van der Waals surface area (Å²) in [6.07, 6.45) is 42.2. The van der Waals surface area contributed by atoms with Gasteiger partial charge < -0.3 is 65.1 Å². The zero-order valence-electron chi connectivity index (χ0n) is 44.8. The second-order valence-electron chi connectivity index (χ2n) is 19.7. The molecule has 0 aromatic rings. The average Bonchev–Trinajstić information content (AvgIpc) is 3.39. The SMILES string of the molecule is CC/C=C\C/C=C\C/C=C\C/C=C\C/C=C\C/C=C\C/C=C\CCCCCCCCCCCCCC(=O)NC(COC1OC(CO)C(OC2OC(CO)C(O)C(O)C2O)C(O)C1O)C(O)CCCCCCCC. The van der Waals surface area contributed by atoms with Crippen LogP contribution in [0.1, 0.15) is 187 Å². The van der Waals surface area contributed by atoms with Gasteiger partial charge in [-0.05, 0) is 70.6 Å². The van der Waals surface area contributed by atoms with Crippen molar-refractivity contribution in [3.63, 3.8) is 0 Å². The van der Waals surface area contributed by atoms with Gasteiger partial charge in [0.15, 0.2) is 12.6 Å². The number of hydrogen-bond donors (Lipinski definition) is 9. The molecule has 0 spiro atoms. The Kier molecular flexibility index (Phi) is 40.2. The molecule has 0 aromatic carbocycles. The molecule has 420 valence electrons. The fourth-order valence-corrected chi connectivity index (χ4v) is 8.80. The molecule has 2 saturated heterocycles. The van der Waals surface area contributed by atoms with Gasteiger partial charge >= 0.3 is 0 Å². The molecule has 2 fully saturated rings. The molecule has 14 nitrogen and oxygen atoms in total. The normalized spacial score (nSPS) is 26.1. The Morgan fingerprint density at radius 1 is 0.507 bits per heavy atom. The number of unbranched alkanes of at least 4 members (excludes halogenated alkanes) is 16. The number of allylic oxidation sites excluding steroid dienone is 14. The second kappa shape index (κ2) is 44.3. The van der Waals surface area contributed by atoms with E-state index in [9.17, 15) is 45.6 Å². The van der Waals surface area contributed by atoms with Crippen LogP contribution in [-0.4, -0.2) is 140 Å². The Morgan fingerprint density at radius 2 is 0.945 bits per heavy atom. The van der Waals surface area contributed by atoms with Crippen molar-refractivity contribution in [3.8, 4) is 0 Å². The number of carbonyl (C=O) groups excluding carboxylic acids is 1. The molecule has 0 saturated carbocycles. The highest BCUT2D eigenvalue weighted by Crippen LogP contribution is 2.30. The van der Waals surface area contributed by atoms with Gasteiger partial charge in [-0.1, -0.05) is 195 Å². The predicted octanol–water partition coefficient (Wildman–Crippen LogP) is 8.94. The first kappa shape index (κ1) is 66.3. The monoisotopic (exact) mass is 1030 g/mol. The van der Waals surface area contributed by atoms with Gasteiger partial charge in [0.1, 0.15) is 48.8 Å². The zero-order chi connectivity index (χ0) is 53.2. The van der Waals surface area contributed by atoms with Crippen molar-refractivity contribution in [3.05, 3.63) is 85.1 Å². The third kappa shape index (κ3) is 30.5. The average molecular weight is 1030 g/mol. The molecule has 0 aliphatic carbocycles. The summed E-state index contributed by atoms with van der Waals surface area (Å²) in [4.78, 5) is 13.1. The lowest BCUT2D eigenvalue weighted by atomic mass is 9.97. The summed E-state index contributed by atoms with van der Waals surface area (Å²) in [5.74, 6) is -0.220. The maximum absolute atomic E-state index is 13.1.